The van der Waals surface area contributed by atoms with E-state index in [2.05, 4.69) is 26.1 Å². The maximum absolute atomic E-state index is 12.3. The van der Waals surface area contributed by atoms with Gasteiger partial charge in [0.15, 0.2) is 6.61 Å². The molecule has 0 fully saturated rings. The summed E-state index contributed by atoms with van der Waals surface area (Å²) in [5, 5.41) is 12.8. The number of ether oxygens (including phenoxy) is 2. The number of methoxy groups -OCH3 is 1. The minimum atomic E-state index is -3.95. The second-order valence-corrected chi connectivity index (χ2v) is 7.91. The number of nitrogens with zero attached hydrogens (tertiary/aromatic N) is 2. The van der Waals surface area contributed by atoms with Gasteiger partial charge >= 0.3 is 5.97 Å². The topological polar surface area (TPSA) is 135 Å². The highest BCUT2D eigenvalue weighted by atomic mass is 79.9. The lowest BCUT2D eigenvalue weighted by molar-refractivity contribution is 0.0437. The van der Waals surface area contributed by atoms with Gasteiger partial charge < -0.3 is 13.9 Å². The van der Waals surface area contributed by atoms with E-state index in [1.807, 2.05) is 0 Å². The van der Waals surface area contributed by atoms with Gasteiger partial charge in [0.1, 0.15) is 5.75 Å². The molecule has 9 nitrogen and oxygen atoms in total. The quantitative estimate of drug-likeness (QED) is 0.546. The Morgan fingerprint density at radius 3 is 2.54 bits per heavy atom. The van der Waals surface area contributed by atoms with Crippen LogP contribution in [0.15, 0.2) is 56.2 Å². The van der Waals surface area contributed by atoms with E-state index in [1.54, 1.807) is 31.4 Å². The molecule has 11 heteroatoms. The third-order valence-electron chi connectivity index (χ3n) is 3.62. The Morgan fingerprint density at radius 2 is 1.89 bits per heavy atom. The van der Waals surface area contributed by atoms with E-state index >= 15 is 0 Å². The molecular weight excluding hydrogens is 454 g/mol. The number of benzene rings is 2. The fourth-order valence-corrected chi connectivity index (χ4v) is 3.15. The van der Waals surface area contributed by atoms with Crippen LogP contribution in [0.3, 0.4) is 0 Å². The van der Waals surface area contributed by atoms with E-state index in [0.717, 1.165) is 6.07 Å². The van der Waals surface area contributed by atoms with Crippen LogP contribution in [0, 0.1) is 0 Å². The predicted molar refractivity (Wildman–Crippen MR) is 101 cm³/mol. The van der Waals surface area contributed by atoms with Gasteiger partial charge in [0, 0.05) is 10.0 Å². The number of hydrogen-bond acceptors (Lipinski definition) is 8. The Morgan fingerprint density at radius 1 is 1.18 bits per heavy atom. The average molecular weight is 468 g/mol. The van der Waals surface area contributed by atoms with Crippen LogP contribution in [0.2, 0.25) is 0 Å². The second kappa shape index (κ2) is 8.09. The Kier molecular flexibility index (Phi) is 5.77. The van der Waals surface area contributed by atoms with Gasteiger partial charge in [0.2, 0.25) is 15.9 Å². The molecule has 0 aliphatic carbocycles. The van der Waals surface area contributed by atoms with Gasteiger partial charge in [0.25, 0.3) is 5.89 Å². The molecule has 1 heterocycles. The van der Waals surface area contributed by atoms with Crippen molar-refractivity contribution in [2.45, 2.75) is 11.5 Å². The number of carbonyl (C=O) groups is 1. The van der Waals surface area contributed by atoms with E-state index < -0.39 is 16.0 Å². The van der Waals surface area contributed by atoms with Crippen LogP contribution in [0.25, 0.3) is 11.5 Å². The van der Waals surface area contributed by atoms with Crippen molar-refractivity contribution in [3.05, 3.63) is 58.4 Å². The van der Waals surface area contributed by atoms with Crippen molar-refractivity contribution >= 4 is 31.9 Å². The summed E-state index contributed by atoms with van der Waals surface area (Å²) >= 11 is 3.17. The number of esters is 1. The first-order valence-electron chi connectivity index (χ1n) is 7.74. The molecule has 0 unspecified atom stereocenters. The number of halogens is 1. The number of hydrogen-bond donors (Lipinski definition) is 1. The van der Waals surface area contributed by atoms with Crippen molar-refractivity contribution < 1.29 is 27.1 Å². The van der Waals surface area contributed by atoms with Gasteiger partial charge in [-0.1, -0.05) is 0 Å². The van der Waals surface area contributed by atoms with Gasteiger partial charge in [-0.15, -0.1) is 10.2 Å². The number of aromatic nitrogens is 2. The predicted octanol–water partition coefficient (Wildman–Crippen LogP) is 2.51. The normalized spacial score (nSPS) is 11.2. The fourth-order valence-electron chi connectivity index (χ4n) is 2.21. The van der Waals surface area contributed by atoms with Crippen LogP contribution in [0.5, 0.6) is 5.75 Å². The molecule has 0 aliphatic heterocycles. The minimum Gasteiger partial charge on any atom is -0.497 e. The van der Waals surface area contributed by atoms with E-state index in [0.29, 0.717) is 15.8 Å². The van der Waals surface area contributed by atoms with Crippen molar-refractivity contribution in [2.24, 2.45) is 5.14 Å². The average Bonchev–Trinajstić information content (AvgIpc) is 3.14. The summed E-state index contributed by atoms with van der Waals surface area (Å²) < 4.78 is 38.9. The highest BCUT2D eigenvalue weighted by Crippen LogP contribution is 2.23. The van der Waals surface area contributed by atoms with Gasteiger partial charge in [-0.25, -0.2) is 18.4 Å². The van der Waals surface area contributed by atoms with Crippen LogP contribution < -0.4 is 9.88 Å². The number of primary sulfonamides is 1. The van der Waals surface area contributed by atoms with Crippen molar-refractivity contribution in [2.75, 3.05) is 7.11 Å². The Bertz CT molecular complexity index is 1110. The summed E-state index contributed by atoms with van der Waals surface area (Å²) in [6, 6.07) is 10.8. The lowest BCUT2D eigenvalue weighted by atomic mass is 10.2. The Hall–Kier alpha value is -2.76. The molecule has 0 aliphatic rings. The van der Waals surface area contributed by atoms with Crippen LogP contribution in [-0.2, 0) is 21.4 Å². The second-order valence-electron chi connectivity index (χ2n) is 5.49. The molecule has 3 rings (SSSR count). The molecule has 0 radical (unpaired) electrons. The number of rotatable bonds is 6. The number of nitrogens with two attached hydrogens (primary N) is 1. The third kappa shape index (κ3) is 4.55. The zero-order chi connectivity index (χ0) is 20.3. The summed E-state index contributed by atoms with van der Waals surface area (Å²) in [6.07, 6.45) is 0. The first kappa shape index (κ1) is 20.0. The first-order valence-corrected chi connectivity index (χ1v) is 10.1. The maximum atomic E-state index is 12.3. The SMILES string of the molecule is COc1ccc(-c2nnc(COC(=O)c3cc(S(N)(=O)=O)ccc3Br)o2)cc1. The molecule has 0 saturated carbocycles. The monoisotopic (exact) mass is 467 g/mol. The summed E-state index contributed by atoms with van der Waals surface area (Å²) in [5.74, 6) is 0.246. The molecule has 0 amide bonds. The Balaban J connectivity index is 1.71. The van der Waals surface area contributed by atoms with Gasteiger partial charge in [-0.05, 0) is 58.4 Å². The lowest BCUT2D eigenvalue weighted by Crippen LogP contribution is -2.14. The zero-order valence-electron chi connectivity index (χ0n) is 14.5. The summed E-state index contributed by atoms with van der Waals surface area (Å²) in [7, 11) is -2.39. The van der Waals surface area contributed by atoms with E-state index in [-0.39, 0.29) is 28.8 Å². The van der Waals surface area contributed by atoms with Crippen LogP contribution >= 0.6 is 15.9 Å². The smallest absolute Gasteiger partial charge is 0.339 e. The van der Waals surface area contributed by atoms with Gasteiger partial charge in [-0.2, -0.15) is 0 Å². The van der Waals surface area contributed by atoms with Crippen molar-refractivity contribution in [1.82, 2.24) is 10.2 Å². The minimum absolute atomic E-state index is 0.00131. The molecule has 1 aromatic heterocycles. The molecule has 0 spiro atoms. The highest BCUT2D eigenvalue weighted by molar-refractivity contribution is 9.10. The lowest BCUT2D eigenvalue weighted by Gasteiger charge is -2.06. The van der Waals surface area contributed by atoms with Crippen molar-refractivity contribution in [3.8, 4) is 17.2 Å². The van der Waals surface area contributed by atoms with E-state index in [4.69, 9.17) is 19.0 Å². The summed E-state index contributed by atoms with van der Waals surface area (Å²) in [4.78, 5) is 12.1. The molecule has 0 bridgehead atoms. The van der Waals surface area contributed by atoms with Crippen molar-refractivity contribution in [1.29, 1.82) is 0 Å². The maximum Gasteiger partial charge on any atom is 0.339 e. The Labute approximate surface area is 168 Å². The molecule has 0 atom stereocenters. The molecule has 28 heavy (non-hydrogen) atoms. The van der Waals surface area contributed by atoms with Crippen molar-refractivity contribution in [3.63, 3.8) is 0 Å². The molecule has 2 N–H and O–H groups in total. The molecule has 3 aromatic rings. The molecular formula is C17H14BrN3O6S. The van der Waals surface area contributed by atoms with Crippen LogP contribution in [0.4, 0.5) is 0 Å². The third-order valence-corrected chi connectivity index (χ3v) is 5.22. The largest absolute Gasteiger partial charge is 0.497 e. The fraction of sp³-hybridized carbons (Fsp3) is 0.118. The number of sulfonamides is 1. The molecule has 146 valence electrons. The van der Waals surface area contributed by atoms with E-state index in [9.17, 15) is 13.2 Å². The molecule has 2 aromatic carbocycles. The zero-order valence-corrected chi connectivity index (χ0v) is 16.9. The van der Waals surface area contributed by atoms with Gasteiger partial charge in [-0.3, -0.25) is 0 Å². The number of carbonyl (C=O) groups excluding carboxylic acids is 1. The standard InChI is InChI=1S/C17H14BrN3O6S/c1-25-11-4-2-10(3-5-11)16-21-20-15(27-16)9-26-17(22)13-8-12(28(19,23)24)6-7-14(13)18/h2-8H,9H2,1H3,(H2,19,23,24). The van der Waals surface area contributed by atoms with Crippen LogP contribution in [-0.4, -0.2) is 31.7 Å². The first-order chi connectivity index (χ1) is 13.3. The summed E-state index contributed by atoms with van der Waals surface area (Å²) in [6.45, 7) is -0.284. The van der Waals surface area contributed by atoms with E-state index in [1.165, 1.54) is 12.1 Å². The highest BCUT2D eigenvalue weighted by Gasteiger charge is 2.18. The summed E-state index contributed by atoms with van der Waals surface area (Å²) in [5.41, 5.74) is 0.677. The molecule has 0 saturated heterocycles. The van der Waals surface area contributed by atoms with Crippen LogP contribution in [0.1, 0.15) is 16.2 Å². The van der Waals surface area contributed by atoms with Gasteiger partial charge in [0.05, 0.1) is 17.6 Å².